The van der Waals surface area contributed by atoms with Gasteiger partial charge in [0.05, 0.1) is 18.3 Å². The highest BCUT2D eigenvalue weighted by molar-refractivity contribution is 5.76. The molecule has 0 aliphatic carbocycles. The quantitative estimate of drug-likeness (QED) is 0.893. The van der Waals surface area contributed by atoms with Crippen LogP contribution in [0.2, 0.25) is 0 Å². The van der Waals surface area contributed by atoms with E-state index in [1.807, 2.05) is 14.0 Å². The third-order valence-electron chi connectivity index (χ3n) is 4.17. The van der Waals surface area contributed by atoms with Gasteiger partial charge in [-0.2, -0.15) is 13.2 Å². The van der Waals surface area contributed by atoms with Crippen LogP contribution in [0.25, 0.3) is 0 Å². The number of alkyl halides is 3. The first-order valence-electron chi connectivity index (χ1n) is 7.99. The van der Waals surface area contributed by atoms with E-state index in [0.717, 1.165) is 25.2 Å². The average Bonchev–Trinajstić information content (AvgIpc) is 2.52. The second-order valence-corrected chi connectivity index (χ2v) is 6.28. The minimum Gasteiger partial charge on any atom is -0.374 e. The van der Waals surface area contributed by atoms with Gasteiger partial charge in [-0.15, -0.1) is 0 Å². The fraction of sp³-hybridized carbons (Fsp3) is 0.588. The Labute approximate surface area is 140 Å². The molecule has 1 aliphatic heterocycles. The Kier molecular flexibility index (Phi) is 6.23. The van der Waals surface area contributed by atoms with Crippen molar-refractivity contribution in [2.75, 3.05) is 33.3 Å². The van der Waals surface area contributed by atoms with Crippen LogP contribution in [-0.4, -0.2) is 50.2 Å². The lowest BCUT2D eigenvalue weighted by atomic mass is 9.96. The molecule has 1 fully saturated rings. The van der Waals surface area contributed by atoms with Gasteiger partial charge in [-0.25, -0.2) is 0 Å². The van der Waals surface area contributed by atoms with E-state index in [1.54, 1.807) is 0 Å². The molecule has 1 N–H and O–H groups in total. The zero-order valence-electron chi connectivity index (χ0n) is 13.9. The van der Waals surface area contributed by atoms with Crippen LogP contribution in [0.5, 0.6) is 0 Å². The molecule has 1 aliphatic rings. The summed E-state index contributed by atoms with van der Waals surface area (Å²) < 4.78 is 43.2. The van der Waals surface area contributed by atoms with E-state index in [1.165, 1.54) is 12.1 Å². The number of amides is 1. The third-order valence-corrected chi connectivity index (χ3v) is 4.17. The number of nitrogens with one attached hydrogen (secondary N) is 1. The van der Waals surface area contributed by atoms with Crippen molar-refractivity contribution < 1.29 is 22.7 Å². The van der Waals surface area contributed by atoms with E-state index in [4.69, 9.17) is 4.74 Å². The summed E-state index contributed by atoms with van der Waals surface area (Å²) in [7, 11) is 2.00. The van der Waals surface area contributed by atoms with Gasteiger partial charge in [-0.1, -0.05) is 19.1 Å². The van der Waals surface area contributed by atoms with Crippen molar-refractivity contribution in [3.05, 3.63) is 35.4 Å². The van der Waals surface area contributed by atoms with Gasteiger partial charge in [0.15, 0.2) is 0 Å². The van der Waals surface area contributed by atoms with Gasteiger partial charge in [-0.05, 0) is 30.7 Å². The molecule has 134 valence electrons. The van der Waals surface area contributed by atoms with Crippen LogP contribution in [-0.2, 0) is 15.7 Å². The van der Waals surface area contributed by atoms with Crippen molar-refractivity contribution in [1.82, 2.24) is 10.2 Å². The molecule has 2 rings (SSSR count). The summed E-state index contributed by atoms with van der Waals surface area (Å²) in [6, 6.07) is 4.96. The average molecular weight is 344 g/mol. The first kappa shape index (κ1) is 18.7. The van der Waals surface area contributed by atoms with Crippen molar-refractivity contribution in [1.29, 1.82) is 0 Å². The molecule has 1 aromatic carbocycles. The topological polar surface area (TPSA) is 41.6 Å². The smallest absolute Gasteiger partial charge is 0.374 e. The van der Waals surface area contributed by atoms with Crippen molar-refractivity contribution in [2.24, 2.45) is 0 Å². The number of likely N-dealkylation sites (N-methyl/N-ethyl adjacent to an activating group) is 1. The highest BCUT2D eigenvalue weighted by Crippen LogP contribution is 2.30. The van der Waals surface area contributed by atoms with Gasteiger partial charge in [0.2, 0.25) is 5.91 Å². The molecule has 4 nitrogen and oxygen atoms in total. The monoisotopic (exact) mass is 344 g/mol. The predicted molar refractivity (Wildman–Crippen MR) is 84.7 cm³/mol. The van der Waals surface area contributed by atoms with E-state index in [9.17, 15) is 18.0 Å². The third kappa shape index (κ3) is 5.49. The van der Waals surface area contributed by atoms with Crippen LogP contribution < -0.4 is 5.32 Å². The Morgan fingerprint density at radius 3 is 2.62 bits per heavy atom. The Hall–Kier alpha value is -1.60. The summed E-state index contributed by atoms with van der Waals surface area (Å²) in [4.78, 5) is 14.2. The number of rotatable bonds is 5. The zero-order chi connectivity index (χ0) is 17.7. The van der Waals surface area contributed by atoms with E-state index < -0.39 is 11.7 Å². The standard InChI is InChI=1S/C17H23F3N2O2/c1-12(13-3-5-14(6-4-13)17(18,19)20)9-16(23)21-10-15-11-22(2)7-8-24-15/h3-6,12,15H,7-11H2,1-2H3,(H,21,23)/t12-,15+/m0/s1. The van der Waals surface area contributed by atoms with E-state index in [-0.39, 0.29) is 24.3 Å². The fourth-order valence-corrected chi connectivity index (χ4v) is 2.69. The van der Waals surface area contributed by atoms with Crippen LogP contribution in [0.3, 0.4) is 0 Å². The second kappa shape index (κ2) is 7.98. The van der Waals surface area contributed by atoms with Crippen molar-refractivity contribution in [3.63, 3.8) is 0 Å². The largest absolute Gasteiger partial charge is 0.416 e. The Morgan fingerprint density at radius 1 is 1.38 bits per heavy atom. The van der Waals surface area contributed by atoms with E-state index >= 15 is 0 Å². The molecule has 1 heterocycles. The zero-order valence-corrected chi connectivity index (χ0v) is 13.9. The summed E-state index contributed by atoms with van der Waals surface area (Å²) >= 11 is 0. The minimum absolute atomic E-state index is 0.0194. The number of halogens is 3. The molecule has 0 unspecified atom stereocenters. The van der Waals surface area contributed by atoms with Crippen molar-refractivity contribution >= 4 is 5.91 Å². The molecule has 24 heavy (non-hydrogen) atoms. The molecule has 1 amide bonds. The number of hydrogen-bond donors (Lipinski definition) is 1. The van der Waals surface area contributed by atoms with Crippen LogP contribution in [0.4, 0.5) is 13.2 Å². The van der Waals surface area contributed by atoms with Crippen LogP contribution in [0.1, 0.15) is 30.4 Å². The van der Waals surface area contributed by atoms with Crippen molar-refractivity contribution in [3.8, 4) is 0 Å². The molecule has 0 radical (unpaired) electrons. The molecular weight excluding hydrogens is 321 g/mol. The number of nitrogens with zero attached hydrogens (tertiary/aromatic N) is 1. The molecule has 1 saturated heterocycles. The number of carbonyl (C=O) groups is 1. The molecule has 1 aromatic rings. The molecule has 0 aromatic heterocycles. The normalized spacial score (nSPS) is 20.6. The number of benzene rings is 1. The van der Waals surface area contributed by atoms with Crippen LogP contribution in [0.15, 0.2) is 24.3 Å². The Morgan fingerprint density at radius 2 is 2.04 bits per heavy atom. The van der Waals surface area contributed by atoms with Crippen molar-refractivity contribution in [2.45, 2.75) is 31.5 Å². The lowest BCUT2D eigenvalue weighted by molar-refractivity contribution is -0.137. The molecule has 2 atom stereocenters. The van der Waals surface area contributed by atoms with Gasteiger partial charge < -0.3 is 15.0 Å². The molecule has 7 heteroatoms. The molecule has 0 bridgehead atoms. The van der Waals surface area contributed by atoms with Gasteiger partial charge in [0, 0.05) is 26.1 Å². The van der Waals surface area contributed by atoms with Crippen LogP contribution >= 0.6 is 0 Å². The SMILES string of the molecule is C[C@@H](CC(=O)NC[C@@H]1CN(C)CCO1)c1ccc(C(F)(F)F)cc1. The maximum atomic E-state index is 12.6. The molecule has 0 spiro atoms. The highest BCUT2D eigenvalue weighted by atomic mass is 19.4. The minimum atomic E-state index is -4.34. The number of ether oxygens (including phenoxy) is 1. The summed E-state index contributed by atoms with van der Waals surface area (Å²) in [5.41, 5.74) is 0.0354. The molecule has 0 saturated carbocycles. The van der Waals surface area contributed by atoms with Gasteiger partial charge in [0.1, 0.15) is 0 Å². The lowest BCUT2D eigenvalue weighted by Gasteiger charge is -2.30. The van der Waals surface area contributed by atoms with E-state index in [2.05, 4.69) is 10.2 Å². The lowest BCUT2D eigenvalue weighted by Crippen LogP contribution is -2.46. The van der Waals surface area contributed by atoms with Gasteiger partial charge in [0.25, 0.3) is 0 Å². The van der Waals surface area contributed by atoms with E-state index in [0.29, 0.717) is 18.7 Å². The summed E-state index contributed by atoms with van der Waals surface area (Å²) in [6.07, 6.45) is -4.13. The number of hydrogen-bond acceptors (Lipinski definition) is 3. The second-order valence-electron chi connectivity index (χ2n) is 6.28. The summed E-state index contributed by atoms with van der Waals surface area (Å²) in [5, 5.41) is 2.84. The fourth-order valence-electron chi connectivity index (χ4n) is 2.69. The maximum absolute atomic E-state index is 12.6. The first-order chi connectivity index (χ1) is 11.3. The van der Waals surface area contributed by atoms with Gasteiger partial charge >= 0.3 is 6.18 Å². The predicted octanol–water partition coefficient (Wildman–Crippen LogP) is 2.65. The molecular formula is C17H23F3N2O2. The first-order valence-corrected chi connectivity index (χ1v) is 7.99. The van der Waals surface area contributed by atoms with Gasteiger partial charge in [-0.3, -0.25) is 4.79 Å². The van der Waals surface area contributed by atoms with Crippen LogP contribution in [0, 0.1) is 0 Å². The Balaban J connectivity index is 1.80. The maximum Gasteiger partial charge on any atom is 0.416 e. The summed E-state index contributed by atoms with van der Waals surface area (Å²) in [6.45, 7) is 4.58. The Bertz CT molecular complexity index is 546. The highest BCUT2D eigenvalue weighted by Gasteiger charge is 2.30. The summed E-state index contributed by atoms with van der Waals surface area (Å²) in [5.74, 6) is -0.276. The number of carbonyl (C=O) groups excluding carboxylic acids is 1. The number of morpholine rings is 1.